The van der Waals surface area contributed by atoms with Crippen LogP contribution in [0.1, 0.15) is 39.7 Å². The molecule has 1 aliphatic heterocycles. The Kier molecular flexibility index (Phi) is 11.5. The largest absolute Gasteiger partial charge is 1.00 e. The van der Waals surface area contributed by atoms with E-state index in [2.05, 4.69) is 42.7 Å². The van der Waals surface area contributed by atoms with E-state index in [1.807, 2.05) is 0 Å². The van der Waals surface area contributed by atoms with E-state index >= 15 is 0 Å². The van der Waals surface area contributed by atoms with Crippen molar-refractivity contribution in [3.05, 3.63) is 40.9 Å². The zero-order chi connectivity index (χ0) is 20.6. The molecule has 0 aliphatic carbocycles. The molecule has 0 radical (unpaired) electrons. The molecular formula is C19H27F3LiN3O2. The van der Waals surface area contributed by atoms with Gasteiger partial charge in [0.25, 0.3) is 0 Å². The van der Waals surface area contributed by atoms with Crippen LogP contribution >= 0.6 is 0 Å². The summed E-state index contributed by atoms with van der Waals surface area (Å²) in [5.74, 6) is -0.554. The molecule has 0 atom stereocenters. The van der Waals surface area contributed by atoms with Gasteiger partial charge in [-0.25, -0.2) is 9.78 Å². The number of nitrogens with zero attached hydrogens (tertiary/aromatic N) is 3. The standard InChI is InChI=1S/C13H13F3N2O2.C6H14N.Li/c1-20-12(19)9-4-7-18(8-5-9)11-10(13(14,15)16)3-2-6-17-11;1-5(2)7-6(3)4;/h2-4,6H,5,7-8H2,1H3;5-6H,1-4H3;/q;-1;+1. The van der Waals surface area contributed by atoms with E-state index in [4.69, 9.17) is 0 Å². The maximum atomic E-state index is 12.9. The summed E-state index contributed by atoms with van der Waals surface area (Å²) in [6.07, 6.45) is -1.22. The predicted molar refractivity (Wildman–Crippen MR) is 99.8 cm³/mol. The Labute approximate surface area is 176 Å². The number of alkyl halides is 3. The van der Waals surface area contributed by atoms with Gasteiger partial charge in [-0.15, -0.1) is 12.1 Å². The first kappa shape index (κ1) is 26.5. The molecule has 1 aromatic rings. The minimum atomic E-state index is -4.45. The van der Waals surface area contributed by atoms with Crippen molar-refractivity contribution in [3.8, 4) is 0 Å². The number of hydrogen-bond acceptors (Lipinski definition) is 4. The SMILES string of the molecule is CC(C)[N-]C(C)C.COC(=O)C1=CCN(c2ncccc2C(F)(F)F)CC1.[Li+]. The van der Waals surface area contributed by atoms with Crippen molar-refractivity contribution in [2.75, 3.05) is 25.1 Å². The topological polar surface area (TPSA) is 56.5 Å². The molecule has 28 heavy (non-hydrogen) atoms. The molecule has 0 fully saturated rings. The fourth-order valence-corrected chi connectivity index (χ4v) is 2.64. The number of halogens is 3. The summed E-state index contributed by atoms with van der Waals surface area (Å²) >= 11 is 0. The van der Waals surface area contributed by atoms with Crippen LogP contribution < -0.4 is 23.8 Å². The molecule has 0 N–H and O–H groups in total. The van der Waals surface area contributed by atoms with Crippen molar-refractivity contribution >= 4 is 11.8 Å². The van der Waals surface area contributed by atoms with E-state index in [1.54, 1.807) is 6.08 Å². The van der Waals surface area contributed by atoms with Crippen LogP contribution in [0.2, 0.25) is 0 Å². The molecule has 2 heterocycles. The summed E-state index contributed by atoms with van der Waals surface area (Å²) in [7, 11) is 1.27. The molecule has 0 spiro atoms. The van der Waals surface area contributed by atoms with Crippen LogP contribution in [-0.2, 0) is 15.7 Å². The number of rotatable bonds is 4. The van der Waals surface area contributed by atoms with Crippen molar-refractivity contribution in [1.82, 2.24) is 4.98 Å². The predicted octanol–water partition coefficient (Wildman–Crippen LogP) is 1.59. The van der Waals surface area contributed by atoms with E-state index in [-0.39, 0.29) is 31.2 Å². The summed E-state index contributed by atoms with van der Waals surface area (Å²) in [6, 6.07) is 3.26. The molecular weight excluding hydrogens is 366 g/mol. The Morgan fingerprint density at radius 2 is 1.86 bits per heavy atom. The van der Waals surface area contributed by atoms with Gasteiger partial charge in [-0.05, 0) is 18.6 Å². The Balaban J connectivity index is 0.000000786. The van der Waals surface area contributed by atoms with Crippen molar-refractivity contribution in [2.24, 2.45) is 0 Å². The molecule has 1 aromatic heterocycles. The Morgan fingerprint density at radius 3 is 2.25 bits per heavy atom. The summed E-state index contributed by atoms with van der Waals surface area (Å²) in [4.78, 5) is 16.6. The van der Waals surface area contributed by atoms with E-state index in [9.17, 15) is 18.0 Å². The fraction of sp³-hybridized carbons (Fsp3) is 0.579. The third-order valence-electron chi connectivity index (χ3n) is 3.64. The van der Waals surface area contributed by atoms with E-state index < -0.39 is 17.7 Å². The Morgan fingerprint density at radius 1 is 1.25 bits per heavy atom. The molecule has 152 valence electrons. The quantitative estimate of drug-likeness (QED) is 0.576. The maximum Gasteiger partial charge on any atom is 1.00 e. The van der Waals surface area contributed by atoms with Gasteiger partial charge in [0.05, 0.1) is 12.7 Å². The average molecular weight is 393 g/mol. The third kappa shape index (κ3) is 8.68. The smallest absolute Gasteiger partial charge is 0.658 e. The first-order valence-corrected chi connectivity index (χ1v) is 8.80. The third-order valence-corrected chi connectivity index (χ3v) is 3.64. The van der Waals surface area contributed by atoms with Gasteiger partial charge in [-0.1, -0.05) is 33.8 Å². The molecule has 2 rings (SSSR count). The van der Waals surface area contributed by atoms with Crippen LogP contribution in [0, 0.1) is 0 Å². The van der Waals surface area contributed by atoms with E-state index in [1.165, 1.54) is 24.3 Å². The normalized spacial score (nSPS) is 14.1. The van der Waals surface area contributed by atoms with Crippen LogP contribution in [0.25, 0.3) is 5.32 Å². The second-order valence-electron chi connectivity index (χ2n) is 6.63. The van der Waals surface area contributed by atoms with Gasteiger partial charge in [0.2, 0.25) is 0 Å². The van der Waals surface area contributed by atoms with Gasteiger partial charge < -0.3 is 15.0 Å². The first-order valence-electron chi connectivity index (χ1n) is 8.80. The van der Waals surface area contributed by atoms with Crippen LogP contribution in [0.15, 0.2) is 30.0 Å². The number of carbonyl (C=O) groups excluding carboxylic acids is 1. The molecule has 5 nitrogen and oxygen atoms in total. The summed E-state index contributed by atoms with van der Waals surface area (Å²) < 4.78 is 43.3. The molecule has 0 amide bonds. The number of methoxy groups -OCH3 is 1. The van der Waals surface area contributed by atoms with Gasteiger partial charge in [0.15, 0.2) is 0 Å². The number of carbonyl (C=O) groups is 1. The summed E-state index contributed by atoms with van der Waals surface area (Å²) in [5.41, 5.74) is -0.289. The number of aromatic nitrogens is 1. The first-order chi connectivity index (χ1) is 12.6. The van der Waals surface area contributed by atoms with Crippen molar-refractivity contribution in [1.29, 1.82) is 0 Å². The van der Waals surface area contributed by atoms with Gasteiger partial charge in [0.1, 0.15) is 5.82 Å². The zero-order valence-corrected chi connectivity index (χ0v) is 17.4. The Hall–Kier alpha value is -1.49. The second-order valence-corrected chi connectivity index (χ2v) is 6.63. The fourth-order valence-electron chi connectivity index (χ4n) is 2.64. The van der Waals surface area contributed by atoms with Crippen molar-refractivity contribution < 1.29 is 41.6 Å². The number of ether oxygens (including phenoxy) is 1. The number of anilines is 1. The van der Waals surface area contributed by atoms with Crippen LogP contribution in [0.5, 0.6) is 0 Å². The van der Waals surface area contributed by atoms with Crippen molar-refractivity contribution in [3.63, 3.8) is 0 Å². The van der Waals surface area contributed by atoms with Crippen molar-refractivity contribution in [2.45, 2.75) is 52.4 Å². The Bertz CT molecular complexity index is 644. The van der Waals surface area contributed by atoms with E-state index in [0.717, 1.165) is 6.07 Å². The summed E-state index contributed by atoms with van der Waals surface area (Å²) in [6.45, 7) is 8.88. The molecule has 0 aromatic carbocycles. The average Bonchev–Trinajstić information content (AvgIpc) is 2.60. The second kappa shape index (κ2) is 12.2. The summed E-state index contributed by atoms with van der Waals surface area (Å²) in [5, 5.41) is 4.28. The molecule has 9 heteroatoms. The monoisotopic (exact) mass is 393 g/mol. The molecule has 0 bridgehead atoms. The van der Waals surface area contributed by atoms with E-state index in [0.29, 0.717) is 30.6 Å². The maximum absolute atomic E-state index is 12.9. The van der Waals surface area contributed by atoms with Gasteiger partial charge in [-0.3, -0.25) is 0 Å². The van der Waals surface area contributed by atoms with Crippen LogP contribution in [-0.4, -0.2) is 43.2 Å². The minimum absolute atomic E-state index is 0. The van der Waals surface area contributed by atoms with Gasteiger partial charge in [0, 0.05) is 24.9 Å². The van der Waals surface area contributed by atoms with Gasteiger partial charge >= 0.3 is 31.0 Å². The molecule has 0 saturated carbocycles. The number of pyridine rings is 1. The molecule has 0 saturated heterocycles. The van der Waals surface area contributed by atoms with Crippen LogP contribution in [0.4, 0.5) is 19.0 Å². The number of hydrogen-bond donors (Lipinski definition) is 0. The minimum Gasteiger partial charge on any atom is -0.658 e. The van der Waals surface area contributed by atoms with Gasteiger partial charge in [-0.2, -0.15) is 13.2 Å². The number of esters is 1. The molecule has 0 unspecified atom stereocenters. The molecule has 1 aliphatic rings. The zero-order valence-electron chi connectivity index (χ0n) is 17.4. The van der Waals surface area contributed by atoms with Crippen LogP contribution in [0.3, 0.4) is 0 Å².